The van der Waals surface area contributed by atoms with Gasteiger partial charge in [-0.3, -0.25) is 0 Å². The Bertz CT molecular complexity index is 1240. The van der Waals surface area contributed by atoms with Gasteiger partial charge in [-0.25, -0.2) is 0 Å². The van der Waals surface area contributed by atoms with Crippen LogP contribution in [0.2, 0.25) is 5.04 Å². The number of allylic oxidation sites excluding steroid dienone is 1. The maximum absolute atomic E-state index is 7.72. The average Bonchev–Trinajstić information content (AvgIpc) is 2.95. The highest BCUT2D eigenvalue weighted by Crippen LogP contribution is 2.43. The van der Waals surface area contributed by atoms with Crippen molar-refractivity contribution in [2.75, 3.05) is 0 Å². The summed E-state index contributed by atoms with van der Waals surface area (Å²) in [4.78, 5) is 1.29. The molecule has 4 aromatic rings. The molecule has 0 aromatic heterocycles. The Balaban J connectivity index is 1.85. The fraction of sp³-hybridized carbons (Fsp3) is 0.257. The lowest BCUT2D eigenvalue weighted by molar-refractivity contribution is 0.182. The second-order valence-electron chi connectivity index (χ2n) is 10.9. The number of rotatable bonds is 10. The quantitative estimate of drug-likeness (QED) is 0.114. The molecule has 0 fully saturated rings. The number of hydrogen-bond donors (Lipinski definition) is 0. The monoisotopic (exact) mass is 536 g/mol. The lowest BCUT2D eigenvalue weighted by Crippen LogP contribution is -2.67. The first-order chi connectivity index (χ1) is 18.3. The molecule has 38 heavy (non-hydrogen) atoms. The molecule has 0 saturated carbocycles. The van der Waals surface area contributed by atoms with E-state index in [-0.39, 0.29) is 11.1 Å². The third kappa shape index (κ3) is 6.40. The maximum atomic E-state index is 7.72. The topological polar surface area (TPSA) is 9.23 Å². The number of thioether (sulfide) groups is 1. The summed E-state index contributed by atoms with van der Waals surface area (Å²) < 4.78 is 7.72. The van der Waals surface area contributed by atoms with Crippen LogP contribution < -0.4 is 10.4 Å². The molecule has 0 aliphatic rings. The molecule has 4 rings (SSSR count). The predicted molar refractivity (Wildman–Crippen MR) is 168 cm³/mol. The molecule has 0 spiro atoms. The fourth-order valence-electron chi connectivity index (χ4n) is 5.20. The van der Waals surface area contributed by atoms with Crippen molar-refractivity contribution < 1.29 is 4.43 Å². The van der Waals surface area contributed by atoms with Gasteiger partial charge in [0.15, 0.2) is 0 Å². The molecule has 0 amide bonds. The summed E-state index contributed by atoms with van der Waals surface area (Å²) >= 11 is 1.94. The van der Waals surface area contributed by atoms with E-state index in [1.165, 1.54) is 26.4 Å². The van der Waals surface area contributed by atoms with Crippen molar-refractivity contribution in [1.82, 2.24) is 0 Å². The number of benzene rings is 4. The second kappa shape index (κ2) is 12.8. The normalized spacial score (nSPS) is 14.2. The summed E-state index contributed by atoms with van der Waals surface area (Å²) in [6.45, 7) is 11.5. The lowest BCUT2D eigenvalue weighted by Gasteiger charge is -2.45. The van der Waals surface area contributed by atoms with E-state index in [4.69, 9.17) is 4.43 Å². The van der Waals surface area contributed by atoms with Crippen molar-refractivity contribution in [3.05, 3.63) is 139 Å². The van der Waals surface area contributed by atoms with Crippen molar-refractivity contribution in [1.29, 1.82) is 0 Å². The van der Waals surface area contributed by atoms with E-state index in [2.05, 4.69) is 162 Å². The van der Waals surface area contributed by atoms with Gasteiger partial charge in [-0.15, -0.1) is 11.8 Å². The summed E-state index contributed by atoms with van der Waals surface area (Å²) in [7, 11) is -2.73. The van der Waals surface area contributed by atoms with Gasteiger partial charge in [0.2, 0.25) is 0 Å². The number of hydrogen-bond acceptors (Lipinski definition) is 2. The van der Waals surface area contributed by atoms with E-state index >= 15 is 0 Å². The summed E-state index contributed by atoms with van der Waals surface area (Å²) in [5, 5.41) is 2.84. The highest BCUT2D eigenvalue weighted by molar-refractivity contribution is 8.00. The zero-order valence-electron chi connectivity index (χ0n) is 23.3. The van der Waals surface area contributed by atoms with Crippen LogP contribution in [0, 0.1) is 0 Å². The van der Waals surface area contributed by atoms with E-state index in [9.17, 15) is 0 Å². The Morgan fingerprint density at radius 2 is 1.18 bits per heavy atom. The van der Waals surface area contributed by atoms with Crippen LogP contribution in [-0.2, 0) is 4.43 Å². The Labute approximate surface area is 235 Å². The Kier molecular flexibility index (Phi) is 9.48. The summed E-state index contributed by atoms with van der Waals surface area (Å²) in [5.41, 5.74) is 2.62. The smallest absolute Gasteiger partial charge is 0.261 e. The SMILES string of the molecule is C/C=C(\C)[C@@H](C[C@H](O[Si](c1ccccc1)(c1ccccc1)C(C)(C)C)c1ccccc1)Sc1ccccc1. The summed E-state index contributed by atoms with van der Waals surface area (Å²) in [6, 6.07) is 43.5. The zero-order valence-corrected chi connectivity index (χ0v) is 25.1. The molecule has 0 bridgehead atoms. The third-order valence-corrected chi connectivity index (χ3v) is 13.8. The molecule has 3 heteroatoms. The zero-order chi connectivity index (χ0) is 27.0. The predicted octanol–water partition coefficient (Wildman–Crippen LogP) is 8.82. The van der Waals surface area contributed by atoms with E-state index < -0.39 is 8.32 Å². The second-order valence-corrected chi connectivity index (χ2v) is 16.4. The minimum absolute atomic E-state index is 0.0568. The molecule has 196 valence electrons. The van der Waals surface area contributed by atoms with Gasteiger partial charge in [-0.1, -0.05) is 142 Å². The van der Waals surface area contributed by atoms with Crippen LogP contribution in [0.25, 0.3) is 0 Å². The van der Waals surface area contributed by atoms with Gasteiger partial charge in [0.25, 0.3) is 8.32 Å². The van der Waals surface area contributed by atoms with E-state index in [0.29, 0.717) is 5.25 Å². The standard InChI is InChI=1S/C35H40OSSi/c1-6-28(2)34(37-30-21-13-8-14-22-30)27-33(29-19-11-7-12-20-29)36-38(35(3,4)5,31-23-15-9-16-24-31)32-25-17-10-18-26-32/h6-26,33-34H,27H2,1-5H3/b28-6+/t33-,34+/m0/s1. The highest BCUT2D eigenvalue weighted by atomic mass is 32.2. The van der Waals surface area contributed by atoms with Crippen LogP contribution >= 0.6 is 11.8 Å². The summed E-state index contributed by atoms with van der Waals surface area (Å²) in [6.07, 6.45) is 3.09. The first kappa shape index (κ1) is 28.2. The molecular formula is C35H40OSSi. The Hall–Kier alpha value is -2.85. The van der Waals surface area contributed by atoms with Crippen LogP contribution in [0.5, 0.6) is 0 Å². The lowest BCUT2D eigenvalue weighted by atomic mass is 10.0. The fourth-order valence-corrected chi connectivity index (χ4v) is 11.1. The first-order valence-electron chi connectivity index (χ1n) is 13.5. The van der Waals surface area contributed by atoms with Crippen molar-refractivity contribution in [2.24, 2.45) is 0 Å². The van der Waals surface area contributed by atoms with E-state index in [0.717, 1.165) is 6.42 Å². The van der Waals surface area contributed by atoms with Gasteiger partial charge in [-0.2, -0.15) is 0 Å². The van der Waals surface area contributed by atoms with Crippen LogP contribution in [0.4, 0.5) is 0 Å². The van der Waals surface area contributed by atoms with Crippen LogP contribution in [0.3, 0.4) is 0 Å². The van der Waals surface area contributed by atoms with Crippen LogP contribution in [0.15, 0.2) is 138 Å². The Morgan fingerprint density at radius 1 is 0.737 bits per heavy atom. The molecule has 0 unspecified atom stereocenters. The molecule has 0 saturated heterocycles. The van der Waals surface area contributed by atoms with Crippen molar-refractivity contribution in [2.45, 2.75) is 62.3 Å². The van der Waals surface area contributed by atoms with Crippen LogP contribution in [-0.4, -0.2) is 13.6 Å². The van der Waals surface area contributed by atoms with Gasteiger partial charge in [0.05, 0.1) is 6.10 Å². The van der Waals surface area contributed by atoms with Gasteiger partial charge >= 0.3 is 0 Å². The molecule has 0 aliphatic carbocycles. The van der Waals surface area contributed by atoms with Crippen molar-refractivity contribution in [3.8, 4) is 0 Å². The molecule has 0 aliphatic heterocycles. The van der Waals surface area contributed by atoms with Gasteiger partial charge < -0.3 is 4.43 Å². The van der Waals surface area contributed by atoms with Crippen molar-refractivity contribution >= 4 is 30.5 Å². The van der Waals surface area contributed by atoms with E-state index in [1.54, 1.807) is 0 Å². The van der Waals surface area contributed by atoms with Gasteiger partial charge in [-0.05, 0) is 53.4 Å². The van der Waals surface area contributed by atoms with Gasteiger partial charge in [0, 0.05) is 10.1 Å². The summed E-state index contributed by atoms with van der Waals surface area (Å²) in [5.74, 6) is 0. The molecule has 0 N–H and O–H groups in total. The van der Waals surface area contributed by atoms with Crippen molar-refractivity contribution in [3.63, 3.8) is 0 Å². The van der Waals surface area contributed by atoms with E-state index in [1.807, 2.05) is 11.8 Å². The maximum Gasteiger partial charge on any atom is 0.261 e. The molecule has 0 heterocycles. The highest BCUT2D eigenvalue weighted by Gasteiger charge is 2.51. The molecule has 1 nitrogen and oxygen atoms in total. The average molecular weight is 537 g/mol. The minimum atomic E-state index is -2.73. The molecule has 0 radical (unpaired) electrons. The molecular weight excluding hydrogens is 497 g/mol. The molecule has 4 aromatic carbocycles. The van der Waals surface area contributed by atoms with Crippen LogP contribution in [0.1, 0.15) is 52.7 Å². The third-order valence-electron chi connectivity index (χ3n) is 7.32. The largest absolute Gasteiger partial charge is 0.400 e. The molecule has 2 atom stereocenters. The minimum Gasteiger partial charge on any atom is -0.400 e. The van der Waals surface area contributed by atoms with Gasteiger partial charge in [0.1, 0.15) is 0 Å². The Morgan fingerprint density at radius 3 is 1.63 bits per heavy atom. The first-order valence-corrected chi connectivity index (χ1v) is 16.3.